The van der Waals surface area contributed by atoms with Crippen molar-refractivity contribution in [1.82, 2.24) is 14.8 Å². The fourth-order valence-electron chi connectivity index (χ4n) is 4.22. The number of aliphatic hydroxyl groups excluding tert-OH is 1. The average Bonchev–Trinajstić information content (AvgIpc) is 3.10. The van der Waals surface area contributed by atoms with Crippen LogP contribution in [0.2, 0.25) is 0 Å². The molecule has 32 heavy (non-hydrogen) atoms. The average molecular weight is 437 g/mol. The number of nitrogens with zero attached hydrogens (tertiary/aromatic N) is 3. The summed E-state index contributed by atoms with van der Waals surface area (Å²) in [6.45, 7) is 4.35. The molecule has 1 atom stereocenters. The molecule has 3 heterocycles. The highest BCUT2D eigenvalue weighted by molar-refractivity contribution is 6.46. The number of carbonyl (C=O) groups is 2. The monoisotopic (exact) mass is 437 g/mol. The van der Waals surface area contributed by atoms with Crippen LogP contribution in [0.4, 0.5) is 0 Å². The van der Waals surface area contributed by atoms with Gasteiger partial charge in [0.15, 0.2) is 0 Å². The van der Waals surface area contributed by atoms with Gasteiger partial charge in [0.05, 0.1) is 31.9 Å². The van der Waals surface area contributed by atoms with Crippen LogP contribution in [-0.2, 0) is 14.3 Å². The Balaban J connectivity index is 1.67. The van der Waals surface area contributed by atoms with E-state index in [1.165, 1.54) is 12.4 Å². The highest BCUT2D eigenvalue weighted by atomic mass is 16.5. The molecule has 0 radical (unpaired) electrons. The highest BCUT2D eigenvalue weighted by Gasteiger charge is 2.45. The summed E-state index contributed by atoms with van der Waals surface area (Å²) in [6.07, 6.45) is 3.78. The molecular weight excluding hydrogens is 410 g/mol. The summed E-state index contributed by atoms with van der Waals surface area (Å²) in [7, 11) is 1.56. The van der Waals surface area contributed by atoms with Crippen molar-refractivity contribution < 1.29 is 24.2 Å². The first-order valence-electron chi connectivity index (χ1n) is 10.7. The summed E-state index contributed by atoms with van der Waals surface area (Å²) < 4.78 is 10.7. The van der Waals surface area contributed by atoms with Crippen LogP contribution in [0.25, 0.3) is 5.76 Å². The Morgan fingerprint density at radius 1 is 1.16 bits per heavy atom. The zero-order chi connectivity index (χ0) is 22.5. The van der Waals surface area contributed by atoms with Crippen molar-refractivity contribution in [2.75, 3.05) is 46.5 Å². The Labute approximate surface area is 187 Å². The summed E-state index contributed by atoms with van der Waals surface area (Å²) in [5.74, 6) is -0.867. The van der Waals surface area contributed by atoms with E-state index in [0.29, 0.717) is 43.1 Å². The Morgan fingerprint density at radius 3 is 2.62 bits per heavy atom. The molecule has 2 saturated heterocycles. The highest BCUT2D eigenvalue weighted by Crippen LogP contribution is 2.40. The summed E-state index contributed by atoms with van der Waals surface area (Å²) >= 11 is 0. The Hall–Kier alpha value is -3.23. The van der Waals surface area contributed by atoms with E-state index >= 15 is 0 Å². The van der Waals surface area contributed by atoms with Gasteiger partial charge in [-0.05, 0) is 36.2 Å². The Morgan fingerprint density at radius 2 is 1.91 bits per heavy atom. The summed E-state index contributed by atoms with van der Waals surface area (Å²) in [5.41, 5.74) is 1.24. The standard InChI is InChI=1S/C24H27N3O5/c1-31-19-5-2-4-18(16-19)21-20(22(28)17-6-8-25-9-7-17)23(29)24(30)27(21)11-3-10-26-12-14-32-15-13-26/h2,4-9,16,21,28H,3,10-15H2,1H3/b22-20+/t21-/m0/s1. The fraction of sp³-hybridized carbons (Fsp3) is 0.375. The second kappa shape index (κ2) is 9.93. The molecule has 1 aromatic heterocycles. The van der Waals surface area contributed by atoms with Gasteiger partial charge in [0.25, 0.3) is 11.7 Å². The van der Waals surface area contributed by atoms with Crippen LogP contribution in [0.5, 0.6) is 5.75 Å². The summed E-state index contributed by atoms with van der Waals surface area (Å²) in [5, 5.41) is 11.0. The van der Waals surface area contributed by atoms with Gasteiger partial charge in [-0.2, -0.15) is 0 Å². The van der Waals surface area contributed by atoms with Gasteiger partial charge < -0.3 is 19.5 Å². The second-order valence-corrected chi connectivity index (χ2v) is 7.81. The molecule has 0 bridgehead atoms. The molecule has 1 N–H and O–H groups in total. The number of amides is 1. The van der Waals surface area contributed by atoms with E-state index in [4.69, 9.17) is 9.47 Å². The minimum Gasteiger partial charge on any atom is -0.507 e. The van der Waals surface area contributed by atoms with Crippen molar-refractivity contribution in [2.24, 2.45) is 0 Å². The lowest BCUT2D eigenvalue weighted by atomic mass is 9.95. The molecule has 0 aliphatic carbocycles. The molecular formula is C24H27N3O5. The van der Waals surface area contributed by atoms with Crippen LogP contribution in [0.3, 0.4) is 0 Å². The number of pyridine rings is 1. The quantitative estimate of drug-likeness (QED) is 0.403. The molecule has 8 heteroatoms. The maximum Gasteiger partial charge on any atom is 0.295 e. The summed E-state index contributed by atoms with van der Waals surface area (Å²) in [4.78, 5) is 33.9. The van der Waals surface area contributed by atoms with Crippen molar-refractivity contribution in [3.05, 3.63) is 65.5 Å². The number of ether oxygens (including phenoxy) is 2. The van der Waals surface area contributed by atoms with E-state index in [1.54, 1.807) is 36.3 Å². The van der Waals surface area contributed by atoms with Crippen LogP contribution < -0.4 is 4.74 Å². The number of likely N-dealkylation sites (tertiary alicyclic amines) is 1. The first kappa shape index (κ1) is 22.0. The molecule has 1 aromatic carbocycles. The molecule has 4 rings (SSSR count). The van der Waals surface area contributed by atoms with Gasteiger partial charge in [-0.1, -0.05) is 12.1 Å². The second-order valence-electron chi connectivity index (χ2n) is 7.81. The van der Waals surface area contributed by atoms with Crippen molar-refractivity contribution in [1.29, 1.82) is 0 Å². The predicted octanol–water partition coefficient (Wildman–Crippen LogP) is 2.23. The molecule has 8 nitrogen and oxygen atoms in total. The number of rotatable bonds is 7. The third kappa shape index (κ3) is 4.51. The van der Waals surface area contributed by atoms with Gasteiger partial charge in [0, 0.05) is 44.1 Å². The van der Waals surface area contributed by atoms with Gasteiger partial charge in [-0.15, -0.1) is 0 Å². The normalized spacial score (nSPS) is 21.2. The van der Waals surface area contributed by atoms with Crippen LogP contribution in [0.1, 0.15) is 23.6 Å². The number of carbonyl (C=O) groups excluding carboxylic acids is 2. The molecule has 2 aromatic rings. The van der Waals surface area contributed by atoms with E-state index in [-0.39, 0.29) is 11.3 Å². The Bertz CT molecular complexity index is 1000. The number of hydrogen-bond donors (Lipinski definition) is 1. The number of aromatic nitrogens is 1. The lowest BCUT2D eigenvalue weighted by Crippen LogP contribution is -2.38. The third-order valence-corrected chi connectivity index (χ3v) is 5.88. The van der Waals surface area contributed by atoms with Gasteiger partial charge in [-0.3, -0.25) is 19.5 Å². The van der Waals surface area contributed by atoms with E-state index in [1.807, 2.05) is 12.1 Å². The van der Waals surface area contributed by atoms with Crippen molar-refractivity contribution in [3.8, 4) is 5.75 Å². The third-order valence-electron chi connectivity index (χ3n) is 5.88. The van der Waals surface area contributed by atoms with Crippen molar-refractivity contribution >= 4 is 17.4 Å². The molecule has 2 aliphatic rings. The first-order chi connectivity index (χ1) is 15.6. The molecule has 2 aliphatic heterocycles. The minimum absolute atomic E-state index is 0.0841. The van der Waals surface area contributed by atoms with E-state index in [9.17, 15) is 14.7 Å². The van der Waals surface area contributed by atoms with Gasteiger partial charge in [0.1, 0.15) is 11.5 Å². The van der Waals surface area contributed by atoms with Crippen LogP contribution in [0.15, 0.2) is 54.4 Å². The number of ketones is 1. The predicted molar refractivity (Wildman–Crippen MR) is 118 cm³/mol. The number of hydrogen-bond acceptors (Lipinski definition) is 7. The smallest absolute Gasteiger partial charge is 0.295 e. The van der Waals surface area contributed by atoms with Crippen molar-refractivity contribution in [2.45, 2.75) is 12.5 Å². The molecule has 0 spiro atoms. The molecule has 2 fully saturated rings. The topological polar surface area (TPSA) is 92.2 Å². The first-order valence-corrected chi connectivity index (χ1v) is 10.7. The molecule has 168 valence electrons. The SMILES string of the molecule is COc1cccc([C@H]2/C(=C(\O)c3ccncc3)C(=O)C(=O)N2CCCN2CCOCC2)c1. The lowest BCUT2D eigenvalue weighted by Gasteiger charge is -2.29. The zero-order valence-electron chi connectivity index (χ0n) is 18.1. The number of Topliss-reactive ketones (excluding diaryl/α,β-unsaturated/α-hetero) is 1. The maximum absolute atomic E-state index is 13.1. The van der Waals surface area contributed by atoms with Gasteiger partial charge >= 0.3 is 0 Å². The lowest BCUT2D eigenvalue weighted by molar-refractivity contribution is -0.140. The number of methoxy groups -OCH3 is 1. The Kier molecular flexibility index (Phi) is 6.82. The van der Waals surface area contributed by atoms with Crippen molar-refractivity contribution in [3.63, 3.8) is 0 Å². The minimum atomic E-state index is -0.692. The number of morpholine rings is 1. The van der Waals surface area contributed by atoms with Gasteiger partial charge in [0.2, 0.25) is 0 Å². The van der Waals surface area contributed by atoms with Crippen LogP contribution in [0, 0.1) is 0 Å². The zero-order valence-corrected chi connectivity index (χ0v) is 18.1. The summed E-state index contributed by atoms with van der Waals surface area (Å²) in [6, 6.07) is 9.79. The van der Waals surface area contributed by atoms with E-state index in [0.717, 1.165) is 19.6 Å². The number of aliphatic hydroxyl groups is 1. The maximum atomic E-state index is 13.1. The van der Waals surface area contributed by atoms with E-state index < -0.39 is 17.7 Å². The molecule has 1 amide bonds. The number of benzene rings is 1. The molecule has 0 saturated carbocycles. The molecule has 0 unspecified atom stereocenters. The van der Waals surface area contributed by atoms with Gasteiger partial charge in [-0.25, -0.2) is 0 Å². The van der Waals surface area contributed by atoms with Crippen LogP contribution >= 0.6 is 0 Å². The van der Waals surface area contributed by atoms with Crippen LogP contribution in [-0.4, -0.2) is 78.1 Å². The van der Waals surface area contributed by atoms with E-state index in [2.05, 4.69) is 9.88 Å². The largest absolute Gasteiger partial charge is 0.507 e. The fourth-order valence-corrected chi connectivity index (χ4v) is 4.22.